The van der Waals surface area contributed by atoms with Crippen molar-refractivity contribution in [1.29, 1.82) is 5.41 Å². The first-order chi connectivity index (χ1) is 9.19. The molecule has 1 aromatic rings. The van der Waals surface area contributed by atoms with E-state index >= 15 is 0 Å². The van der Waals surface area contributed by atoms with E-state index in [4.69, 9.17) is 5.41 Å². The van der Waals surface area contributed by atoms with Gasteiger partial charge in [0.05, 0.1) is 0 Å². The van der Waals surface area contributed by atoms with Crippen molar-refractivity contribution in [2.75, 3.05) is 11.9 Å². The number of benzene rings is 1. The molecule has 0 radical (unpaired) electrons. The largest absolute Gasteiger partial charge is 0.384 e. The van der Waals surface area contributed by atoms with Crippen molar-refractivity contribution >= 4 is 11.9 Å². The summed E-state index contributed by atoms with van der Waals surface area (Å²) >= 11 is 0. The molecule has 19 heavy (non-hydrogen) atoms. The second-order valence-corrected chi connectivity index (χ2v) is 6.57. The maximum atomic E-state index is 7.52. The van der Waals surface area contributed by atoms with Crippen LogP contribution in [0.25, 0.3) is 0 Å². The summed E-state index contributed by atoms with van der Waals surface area (Å²) in [6, 6.07) is 6.61. The zero-order valence-corrected chi connectivity index (χ0v) is 11.9. The smallest absolute Gasteiger partial charge is 0.0432 e. The third-order valence-electron chi connectivity index (χ3n) is 4.64. The van der Waals surface area contributed by atoms with Crippen LogP contribution < -0.4 is 5.32 Å². The van der Waals surface area contributed by atoms with Crippen molar-refractivity contribution in [2.24, 2.45) is 17.8 Å². The monoisotopic (exact) mass is 256 g/mol. The highest BCUT2D eigenvalue weighted by molar-refractivity contribution is 5.86. The molecule has 2 atom stereocenters. The SMILES string of the molecule is CC(C)[C@H]1C[C@@H]1c1ccc(C=N)c(NCC2CC2)c1. The Hall–Kier alpha value is -1.31. The molecule has 102 valence electrons. The molecule has 2 heteroatoms. The number of hydrogen-bond acceptors (Lipinski definition) is 2. The minimum Gasteiger partial charge on any atom is -0.384 e. The Labute approximate surface area is 116 Å². The van der Waals surface area contributed by atoms with Crippen LogP contribution in [0.4, 0.5) is 5.69 Å². The number of hydrogen-bond donors (Lipinski definition) is 2. The molecule has 2 N–H and O–H groups in total. The summed E-state index contributed by atoms with van der Waals surface area (Å²) in [7, 11) is 0. The van der Waals surface area contributed by atoms with Gasteiger partial charge in [-0.05, 0) is 54.6 Å². The molecular formula is C17H24N2. The summed E-state index contributed by atoms with van der Waals surface area (Å²) in [5.74, 6) is 3.27. The molecule has 0 saturated heterocycles. The second kappa shape index (κ2) is 4.99. The lowest BCUT2D eigenvalue weighted by atomic mass is 10.0. The topological polar surface area (TPSA) is 35.9 Å². The van der Waals surface area contributed by atoms with Crippen molar-refractivity contribution in [2.45, 2.75) is 39.0 Å². The van der Waals surface area contributed by atoms with Crippen LogP contribution >= 0.6 is 0 Å². The maximum Gasteiger partial charge on any atom is 0.0432 e. The van der Waals surface area contributed by atoms with Gasteiger partial charge in [-0.3, -0.25) is 0 Å². The van der Waals surface area contributed by atoms with Gasteiger partial charge in [-0.1, -0.05) is 26.0 Å². The van der Waals surface area contributed by atoms with Gasteiger partial charge >= 0.3 is 0 Å². The Bertz CT molecular complexity index is 474. The van der Waals surface area contributed by atoms with Gasteiger partial charge in [0.15, 0.2) is 0 Å². The second-order valence-electron chi connectivity index (χ2n) is 6.57. The molecule has 2 fully saturated rings. The normalized spacial score (nSPS) is 25.4. The van der Waals surface area contributed by atoms with Crippen molar-refractivity contribution in [3.05, 3.63) is 29.3 Å². The molecule has 2 nitrogen and oxygen atoms in total. The zero-order chi connectivity index (χ0) is 13.4. The van der Waals surface area contributed by atoms with Crippen molar-refractivity contribution < 1.29 is 0 Å². The summed E-state index contributed by atoms with van der Waals surface area (Å²) in [6.07, 6.45) is 5.53. The molecule has 0 heterocycles. The van der Waals surface area contributed by atoms with Gasteiger partial charge in [-0.15, -0.1) is 0 Å². The van der Waals surface area contributed by atoms with Crippen LogP contribution in [0.1, 0.15) is 50.2 Å². The highest BCUT2D eigenvalue weighted by Gasteiger charge is 2.40. The quantitative estimate of drug-likeness (QED) is 0.733. The van der Waals surface area contributed by atoms with E-state index in [0.29, 0.717) is 0 Å². The Balaban J connectivity index is 1.74. The van der Waals surface area contributed by atoms with Gasteiger partial charge < -0.3 is 10.7 Å². The minimum absolute atomic E-state index is 0.751. The Kier molecular flexibility index (Phi) is 3.34. The molecule has 3 rings (SSSR count). The summed E-state index contributed by atoms with van der Waals surface area (Å²) in [6.45, 7) is 5.72. The van der Waals surface area contributed by atoms with E-state index in [-0.39, 0.29) is 0 Å². The third kappa shape index (κ3) is 2.83. The number of nitrogens with one attached hydrogen (secondary N) is 2. The highest BCUT2D eigenvalue weighted by Crippen LogP contribution is 2.52. The van der Waals surface area contributed by atoms with Gasteiger partial charge in [0.25, 0.3) is 0 Å². The molecule has 2 saturated carbocycles. The van der Waals surface area contributed by atoms with Crippen LogP contribution in [-0.2, 0) is 0 Å². The molecule has 0 unspecified atom stereocenters. The Morgan fingerprint density at radius 2 is 2.16 bits per heavy atom. The van der Waals surface area contributed by atoms with Crippen LogP contribution in [-0.4, -0.2) is 12.8 Å². The van der Waals surface area contributed by atoms with Crippen LogP contribution in [0.3, 0.4) is 0 Å². The van der Waals surface area contributed by atoms with Gasteiger partial charge in [-0.2, -0.15) is 0 Å². The zero-order valence-electron chi connectivity index (χ0n) is 11.9. The van der Waals surface area contributed by atoms with Gasteiger partial charge in [0.1, 0.15) is 0 Å². The van der Waals surface area contributed by atoms with Crippen molar-refractivity contribution in [3.8, 4) is 0 Å². The van der Waals surface area contributed by atoms with E-state index in [2.05, 4.69) is 37.4 Å². The predicted octanol–water partition coefficient (Wildman–Crippen LogP) is 4.27. The van der Waals surface area contributed by atoms with E-state index in [1.54, 1.807) is 0 Å². The molecule has 0 amide bonds. The lowest BCUT2D eigenvalue weighted by Crippen LogP contribution is -2.06. The lowest BCUT2D eigenvalue weighted by molar-refractivity contribution is 0.549. The summed E-state index contributed by atoms with van der Waals surface area (Å²) in [4.78, 5) is 0. The average molecular weight is 256 g/mol. The fourth-order valence-corrected chi connectivity index (χ4v) is 2.99. The first-order valence-electron chi connectivity index (χ1n) is 7.57. The Morgan fingerprint density at radius 3 is 2.74 bits per heavy atom. The third-order valence-corrected chi connectivity index (χ3v) is 4.64. The maximum absolute atomic E-state index is 7.52. The molecule has 0 bridgehead atoms. The molecule has 2 aliphatic carbocycles. The highest BCUT2D eigenvalue weighted by atomic mass is 14.9. The Morgan fingerprint density at radius 1 is 1.37 bits per heavy atom. The van der Waals surface area contributed by atoms with Crippen molar-refractivity contribution in [3.63, 3.8) is 0 Å². The minimum atomic E-state index is 0.751. The van der Waals surface area contributed by atoms with E-state index < -0.39 is 0 Å². The summed E-state index contributed by atoms with van der Waals surface area (Å²) in [5.41, 5.74) is 3.64. The van der Waals surface area contributed by atoms with Crippen molar-refractivity contribution in [1.82, 2.24) is 0 Å². The van der Waals surface area contributed by atoms with E-state index in [1.807, 2.05) is 0 Å². The first kappa shape index (κ1) is 12.7. The fraction of sp³-hybridized carbons (Fsp3) is 0.588. The van der Waals surface area contributed by atoms with Gasteiger partial charge in [0, 0.05) is 24.0 Å². The average Bonchev–Trinajstić information content (AvgIpc) is 3.28. The number of rotatable bonds is 6. The van der Waals surface area contributed by atoms with Crippen LogP contribution in [0.15, 0.2) is 18.2 Å². The fourth-order valence-electron chi connectivity index (χ4n) is 2.99. The van der Waals surface area contributed by atoms with E-state index in [1.165, 1.54) is 31.0 Å². The summed E-state index contributed by atoms with van der Waals surface area (Å²) in [5, 5.41) is 11.1. The molecule has 2 aliphatic rings. The molecule has 0 spiro atoms. The van der Waals surface area contributed by atoms with Crippen LogP contribution in [0, 0.1) is 23.2 Å². The lowest BCUT2D eigenvalue weighted by Gasteiger charge is -2.12. The number of anilines is 1. The van der Waals surface area contributed by atoms with E-state index in [0.717, 1.165) is 41.5 Å². The predicted molar refractivity (Wildman–Crippen MR) is 81.2 cm³/mol. The van der Waals surface area contributed by atoms with Gasteiger partial charge in [-0.25, -0.2) is 0 Å². The summed E-state index contributed by atoms with van der Waals surface area (Å²) < 4.78 is 0. The molecule has 1 aromatic carbocycles. The molecular weight excluding hydrogens is 232 g/mol. The molecule has 0 aromatic heterocycles. The van der Waals surface area contributed by atoms with Crippen LogP contribution in [0.5, 0.6) is 0 Å². The van der Waals surface area contributed by atoms with Gasteiger partial charge in [0.2, 0.25) is 0 Å². The van der Waals surface area contributed by atoms with Crippen LogP contribution in [0.2, 0.25) is 0 Å². The van der Waals surface area contributed by atoms with E-state index in [9.17, 15) is 0 Å². The standard InChI is InChI=1S/C17H24N2/c1-11(2)15-8-16(15)13-5-6-14(9-18)17(7-13)19-10-12-3-4-12/h5-7,9,11-12,15-16,18-19H,3-4,8,10H2,1-2H3/t15-,16-/m1/s1. The first-order valence-corrected chi connectivity index (χ1v) is 7.57. The molecule has 0 aliphatic heterocycles.